The van der Waals surface area contributed by atoms with Crippen molar-refractivity contribution < 1.29 is 29.0 Å². The molecule has 0 aromatic heterocycles. The Morgan fingerprint density at radius 2 is 1.77 bits per heavy atom. The minimum Gasteiger partial charge on any atom is -0.504 e. The van der Waals surface area contributed by atoms with Gasteiger partial charge in [0.25, 0.3) is 11.8 Å². The van der Waals surface area contributed by atoms with E-state index in [1.54, 1.807) is 24.3 Å². The molecular weight excluding hydrogens is 495 g/mol. The molecule has 2 aliphatic heterocycles. The van der Waals surface area contributed by atoms with Gasteiger partial charge in [-0.1, -0.05) is 29.9 Å². The zero-order valence-electron chi connectivity index (χ0n) is 19.3. The Morgan fingerprint density at radius 1 is 1.06 bits per heavy atom. The van der Waals surface area contributed by atoms with E-state index in [2.05, 4.69) is 0 Å². The van der Waals surface area contributed by atoms with E-state index in [0.717, 1.165) is 15.4 Å². The zero-order valence-corrected chi connectivity index (χ0v) is 20.8. The third-order valence-corrected chi connectivity index (χ3v) is 9.41. The van der Waals surface area contributed by atoms with E-state index < -0.39 is 45.2 Å². The average Bonchev–Trinajstić information content (AvgIpc) is 3.14. The maximum atomic E-state index is 13.4. The molecule has 2 saturated heterocycles. The van der Waals surface area contributed by atoms with Gasteiger partial charge < -0.3 is 9.84 Å². The largest absolute Gasteiger partial charge is 0.504 e. The molecule has 5 rings (SSSR count). The van der Waals surface area contributed by atoms with E-state index in [1.165, 1.54) is 27.3 Å². The van der Waals surface area contributed by atoms with Crippen molar-refractivity contribution >= 4 is 52.9 Å². The number of halogens is 2. The van der Waals surface area contributed by atoms with Crippen molar-refractivity contribution in [2.45, 2.75) is 22.6 Å². The van der Waals surface area contributed by atoms with Gasteiger partial charge in [0.2, 0.25) is 11.8 Å². The molecule has 6 atom stereocenters. The van der Waals surface area contributed by atoms with Crippen LogP contribution in [0.25, 0.3) is 6.08 Å². The van der Waals surface area contributed by atoms with E-state index in [-0.39, 0.29) is 29.7 Å². The number of aromatic hydroxyl groups is 1. The lowest BCUT2D eigenvalue weighted by atomic mass is 9.57. The first-order chi connectivity index (χ1) is 16.5. The molecule has 1 N–H and O–H groups in total. The number of alkyl halides is 2. The van der Waals surface area contributed by atoms with Crippen LogP contribution in [0.4, 0.5) is 0 Å². The van der Waals surface area contributed by atoms with Gasteiger partial charge >= 0.3 is 0 Å². The number of allylic oxidation sites excluding steroid dienone is 3. The first kappa shape index (κ1) is 23.9. The van der Waals surface area contributed by atoms with E-state index >= 15 is 0 Å². The van der Waals surface area contributed by atoms with Gasteiger partial charge in [0, 0.05) is 20.0 Å². The monoisotopic (exact) mass is 518 g/mol. The summed E-state index contributed by atoms with van der Waals surface area (Å²) in [6, 6.07) is 4.76. The Kier molecular flexibility index (Phi) is 5.34. The summed E-state index contributed by atoms with van der Waals surface area (Å²) in [6.07, 6.45) is 5.61. The molecule has 4 aliphatic rings. The summed E-state index contributed by atoms with van der Waals surface area (Å²) in [5.74, 6) is -4.06. The Bertz CT molecular complexity index is 1240. The maximum absolute atomic E-state index is 13.4. The molecule has 4 amide bonds. The number of fused-ring (bicyclic) bond motifs is 4. The number of carbonyl (C=O) groups is 4. The number of methoxy groups -OCH3 is 1. The number of phenols is 1. The normalized spacial score (nSPS) is 36.4. The summed E-state index contributed by atoms with van der Waals surface area (Å²) in [6.45, 7) is 0. The molecule has 10 heteroatoms. The Morgan fingerprint density at radius 3 is 2.46 bits per heavy atom. The van der Waals surface area contributed by atoms with Crippen LogP contribution in [0, 0.1) is 23.7 Å². The van der Waals surface area contributed by atoms with Crippen molar-refractivity contribution in [3.63, 3.8) is 0 Å². The zero-order chi connectivity index (χ0) is 25.4. The Labute approximate surface area is 212 Å². The molecule has 3 fully saturated rings. The maximum Gasteiger partial charge on any atom is 0.253 e. The van der Waals surface area contributed by atoms with E-state index in [0.29, 0.717) is 12.0 Å². The van der Waals surface area contributed by atoms with Crippen molar-refractivity contribution in [3.8, 4) is 11.5 Å². The molecule has 2 heterocycles. The number of benzene rings is 1. The van der Waals surface area contributed by atoms with Crippen molar-refractivity contribution in [2.24, 2.45) is 23.7 Å². The van der Waals surface area contributed by atoms with Crippen LogP contribution in [-0.2, 0) is 19.2 Å². The molecule has 1 saturated carbocycles. The Hall–Kier alpha value is -2.84. The van der Waals surface area contributed by atoms with Gasteiger partial charge in [-0.3, -0.25) is 29.0 Å². The number of phenolic OH excluding ortho intramolecular Hbond substituents is 1. The summed E-state index contributed by atoms with van der Waals surface area (Å²) in [4.78, 5) is 50.8. The summed E-state index contributed by atoms with van der Waals surface area (Å²) >= 11 is 14.0. The average molecular weight is 519 g/mol. The minimum atomic E-state index is -1.80. The predicted molar refractivity (Wildman–Crippen MR) is 128 cm³/mol. The van der Waals surface area contributed by atoms with Gasteiger partial charge in [0.1, 0.15) is 0 Å². The first-order valence-electron chi connectivity index (χ1n) is 11.2. The van der Waals surface area contributed by atoms with Gasteiger partial charge in [-0.25, -0.2) is 0 Å². The number of carbonyl (C=O) groups excluding carboxylic acids is 4. The SMILES string of the molecule is COc1cc(C=C[C@H]2C3=CC[C@@H]4C(=O)N(C)C(=O)[C@@H]4[C@@H]3C[C@@]3(Cl)C(=O)N(C)C(=O)[C@@]23Cl)ccc1O. The molecular formula is C25H24Cl2N2O6. The van der Waals surface area contributed by atoms with Crippen LogP contribution in [0.15, 0.2) is 35.9 Å². The first-order valence-corrected chi connectivity index (χ1v) is 12.0. The molecule has 2 aliphatic carbocycles. The van der Waals surface area contributed by atoms with E-state index in [9.17, 15) is 24.3 Å². The summed E-state index contributed by atoms with van der Waals surface area (Å²) in [5, 5.41) is 9.90. The van der Waals surface area contributed by atoms with E-state index in [4.69, 9.17) is 27.9 Å². The van der Waals surface area contributed by atoms with Gasteiger partial charge in [-0.05, 0) is 36.5 Å². The number of ether oxygens (including phenoxy) is 1. The quantitative estimate of drug-likeness (QED) is 0.374. The fourth-order valence-corrected chi connectivity index (χ4v) is 7.13. The lowest BCUT2D eigenvalue weighted by molar-refractivity contribution is -0.140. The van der Waals surface area contributed by atoms with Crippen molar-refractivity contribution in [1.29, 1.82) is 0 Å². The second-order valence-electron chi connectivity index (χ2n) is 9.57. The molecule has 184 valence electrons. The summed E-state index contributed by atoms with van der Waals surface area (Å²) < 4.78 is 5.17. The van der Waals surface area contributed by atoms with Crippen LogP contribution >= 0.6 is 23.2 Å². The second kappa shape index (κ2) is 7.83. The number of hydrogen-bond donors (Lipinski definition) is 1. The fraction of sp³-hybridized carbons (Fsp3) is 0.440. The highest BCUT2D eigenvalue weighted by Gasteiger charge is 2.75. The highest BCUT2D eigenvalue weighted by molar-refractivity contribution is 6.53. The number of amides is 4. The molecule has 0 bridgehead atoms. The molecule has 1 aromatic rings. The van der Waals surface area contributed by atoms with Crippen LogP contribution < -0.4 is 4.74 Å². The molecule has 8 nitrogen and oxygen atoms in total. The topological polar surface area (TPSA) is 104 Å². The van der Waals surface area contributed by atoms with Gasteiger partial charge in [0.15, 0.2) is 21.2 Å². The number of rotatable bonds is 3. The minimum absolute atomic E-state index is 0.0236. The highest BCUT2D eigenvalue weighted by Crippen LogP contribution is 2.62. The molecule has 0 spiro atoms. The third kappa shape index (κ3) is 2.99. The number of nitrogens with zero attached hydrogens (tertiary/aromatic N) is 2. The van der Waals surface area contributed by atoms with Crippen LogP contribution in [0.1, 0.15) is 18.4 Å². The molecule has 1 aromatic carbocycles. The van der Waals surface area contributed by atoms with Crippen LogP contribution in [0.3, 0.4) is 0 Å². The third-order valence-electron chi connectivity index (χ3n) is 7.98. The van der Waals surface area contributed by atoms with E-state index in [1.807, 2.05) is 6.08 Å². The van der Waals surface area contributed by atoms with Crippen molar-refractivity contribution in [2.75, 3.05) is 21.2 Å². The van der Waals surface area contributed by atoms with Crippen LogP contribution in [0.2, 0.25) is 0 Å². The van der Waals surface area contributed by atoms with Gasteiger partial charge in [0.05, 0.1) is 18.9 Å². The van der Waals surface area contributed by atoms with Crippen LogP contribution in [0.5, 0.6) is 11.5 Å². The lowest BCUT2D eigenvalue weighted by Crippen LogP contribution is -2.60. The fourth-order valence-electron chi connectivity index (χ4n) is 6.15. The summed E-state index contributed by atoms with van der Waals surface area (Å²) in [5.41, 5.74) is 1.39. The van der Waals surface area contributed by atoms with Gasteiger partial charge in [-0.15, -0.1) is 23.2 Å². The van der Waals surface area contributed by atoms with Gasteiger partial charge in [-0.2, -0.15) is 0 Å². The predicted octanol–water partition coefficient (Wildman–Crippen LogP) is 2.57. The number of hydrogen-bond acceptors (Lipinski definition) is 6. The summed E-state index contributed by atoms with van der Waals surface area (Å²) in [7, 11) is 4.24. The number of likely N-dealkylation sites (tertiary alicyclic amines) is 2. The second-order valence-corrected chi connectivity index (χ2v) is 10.8. The molecule has 35 heavy (non-hydrogen) atoms. The molecule has 0 radical (unpaired) electrons. The lowest BCUT2D eigenvalue weighted by Gasteiger charge is -2.49. The number of imide groups is 2. The Balaban J connectivity index is 1.65. The van der Waals surface area contributed by atoms with Crippen LogP contribution in [-0.4, -0.2) is 69.5 Å². The van der Waals surface area contributed by atoms with Crippen molar-refractivity contribution in [1.82, 2.24) is 9.80 Å². The highest BCUT2D eigenvalue weighted by atomic mass is 35.5. The standard InChI is InChI=1S/C25H24Cl2N2O6/c1-28-20(31)14-7-6-13-15(19(14)21(28)32)11-24(26)22(33)29(2)23(34)25(24,27)16(13)8-4-12-5-9-17(30)18(10-12)35-3/h4-6,8-10,14-16,19,30H,7,11H2,1-3H3/t14-,15+,16-,19-,24+,25-/m0/s1. The van der Waals surface area contributed by atoms with Crippen molar-refractivity contribution in [3.05, 3.63) is 41.5 Å². The molecule has 0 unspecified atom stereocenters. The smallest absolute Gasteiger partial charge is 0.253 e.